The number of aryl methyl sites for hydroxylation is 1. The molecule has 0 aliphatic heterocycles. The van der Waals surface area contributed by atoms with Crippen molar-refractivity contribution in [1.29, 1.82) is 0 Å². The van der Waals surface area contributed by atoms with Gasteiger partial charge in [-0.3, -0.25) is 4.79 Å². The first-order valence-corrected chi connectivity index (χ1v) is 7.68. The van der Waals surface area contributed by atoms with Crippen molar-refractivity contribution in [3.8, 4) is 5.75 Å². The molecule has 0 spiro atoms. The Hall–Kier alpha value is -1.42. The van der Waals surface area contributed by atoms with E-state index >= 15 is 0 Å². The Kier molecular flexibility index (Phi) is 5.57. The van der Waals surface area contributed by atoms with Gasteiger partial charge >= 0.3 is 0 Å². The molecule has 2 aromatic rings. The number of hydrogen-bond donors (Lipinski definition) is 1. The standard InChI is InChI=1S/C16H14Cl3NO2/c1-9-5-11(17)3-4-15(9)22-10(2)16(21)20-14-7-12(18)6-13(19)8-14/h3-8,10H,1-2H3,(H,20,21). The third kappa shape index (κ3) is 4.54. The molecule has 22 heavy (non-hydrogen) atoms. The molecular formula is C16H14Cl3NO2. The molecule has 0 bridgehead atoms. The van der Waals surface area contributed by atoms with Crippen molar-refractivity contribution in [1.82, 2.24) is 0 Å². The maximum absolute atomic E-state index is 12.2. The minimum absolute atomic E-state index is 0.298. The molecule has 6 heteroatoms. The molecule has 0 aliphatic rings. The van der Waals surface area contributed by atoms with Gasteiger partial charge in [-0.1, -0.05) is 34.8 Å². The lowest BCUT2D eigenvalue weighted by molar-refractivity contribution is -0.122. The fraction of sp³-hybridized carbons (Fsp3) is 0.188. The van der Waals surface area contributed by atoms with Crippen LogP contribution in [0.3, 0.4) is 0 Å². The van der Waals surface area contributed by atoms with Crippen LogP contribution in [0.5, 0.6) is 5.75 Å². The summed E-state index contributed by atoms with van der Waals surface area (Å²) >= 11 is 17.7. The zero-order chi connectivity index (χ0) is 16.3. The van der Waals surface area contributed by atoms with Crippen LogP contribution in [0.2, 0.25) is 15.1 Å². The second-order valence-corrected chi connectivity index (χ2v) is 6.13. The van der Waals surface area contributed by atoms with Gasteiger partial charge in [0.05, 0.1) is 0 Å². The lowest BCUT2D eigenvalue weighted by atomic mass is 10.2. The fourth-order valence-corrected chi connectivity index (χ4v) is 2.61. The Labute approximate surface area is 144 Å². The number of ether oxygens (including phenoxy) is 1. The van der Waals surface area contributed by atoms with Gasteiger partial charge < -0.3 is 10.1 Å². The van der Waals surface area contributed by atoms with E-state index in [2.05, 4.69) is 5.32 Å². The van der Waals surface area contributed by atoms with Gasteiger partial charge in [0.25, 0.3) is 5.91 Å². The number of carbonyl (C=O) groups is 1. The molecule has 0 saturated heterocycles. The maximum atomic E-state index is 12.2. The van der Waals surface area contributed by atoms with E-state index in [0.717, 1.165) is 5.56 Å². The zero-order valence-corrected chi connectivity index (χ0v) is 14.3. The Morgan fingerprint density at radius 1 is 1.05 bits per heavy atom. The van der Waals surface area contributed by atoms with Crippen LogP contribution in [0.1, 0.15) is 12.5 Å². The van der Waals surface area contributed by atoms with E-state index in [1.165, 1.54) is 0 Å². The highest BCUT2D eigenvalue weighted by Crippen LogP contribution is 2.24. The number of carbonyl (C=O) groups excluding carboxylic acids is 1. The second kappa shape index (κ2) is 7.23. The lowest BCUT2D eigenvalue weighted by Gasteiger charge is -2.16. The number of rotatable bonds is 4. The van der Waals surface area contributed by atoms with Crippen molar-refractivity contribution < 1.29 is 9.53 Å². The van der Waals surface area contributed by atoms with Crippen molar-refractivity contribution in [2.45, 2.75) is 20.0 Å². The molecule has 2 aromatic carbocycles. The molecule has 3 nitrogen and oxygen atoms in total. The van der Waals surface area contributed by atoms with Crippen LogP contribution in [0.4, 0.5) is 5.69 Å². The molecule has 0 heterocycles. The van der Waals surface area contributed by atoms with Crippen LogP contribution >= 0.6 is 34.8 Å². The highest BCUT2D eigenvalue weighted by molar-refractivity contribution is 6.35. The van der Waals surface area contributed by atoms with Crippen LogP contribution < -0.4 is 10.1 Å². The summed E-state index contributed by atoms with van der Waals surface area (Å²) in [6, 6.07) is 10.0. The molecule has 1 amide bonds. The molecule has 1 atom stereocenters. The molecular weight excluding hydrogens is 345 g/mol. The summed E-state index contributed by atoms with van der Waals surface area (Å²) in [7, 11) is 0. The van der Waals surface area contributed by atoms with E-state index < -0.39 is 6.10 Å². The molecule has 0 aromatic heterocycles. The van der Waals surface area contributed by atoms with Gasteiger partial charge in [0.1, 0.15) is 5.75 Å². The summed E-state index contributed by atoms with van der Waals surface area (Å²) in [5.74, 6) is 0.309. The minimum atomic E-state index is -0.683. The summed E-state index contributed by atoms with van der Waals surface area (Å²) in [5, 5.41) is 4.23. The second-order valence-electron chi connectivity index (χ2n) is 4.82. The van der Waals surface area contributed by atoms with E-state index in [1.54, 1.807) is 43.3 Å². The largest absolute Gasteiger partial charge is 0.481 e. The number of halogens is 3. The van der Waals surface area contributed by atoms with Gasteiger partial charge in [0.2, 0.25) is 0 Å². The Morgan fingerprint density at radius 2 is 1.68 bits per heavy atom. The highest BCUT2D eigenvalue weighted by Gasteiger charge is 2.16. The molecule has 0 radical (unpaired) electrons. The third-order valence-corrected chi connectivity index (χ3v) is 3.61. The van der Waals surface area contributed by atoms with E-state index in [9.17, 15) is 4.79 Å². The molecule has 1 unspecified atom stereocenters. The van der Waals surface area contributed by atoms with Crippen molar-refractivity contribution in [3.63, 3.8) is 0 Å². The smallest absolute Gasteiger partial charge is 0.265 e. The summed E-state index contributed by atoms with van der Waals surface area (Å²) < 4.78 is 5.66. The minimum Gasteiger partial charge on any atom is -0.481 e. The Balaban J connectivity index is 2.05. The van der Waals surface area contributed by atoms with Crippen LogP contribution in [-0.4, -0.2) is 12.0 Å². The van der Waals surface area contributed by atoms with E-state index in [-0.39, 0.29) is 5.91 Å². The van der Waals surface area contributed by atoms with Gasteiger partial charge in [-0.25, -0.2) is 0 Å². The monoisotopic (exact) mass is 357 g/mol. The van der Waals surface area contributed by atoms with E-state index in [1.807, 2.05) is 6.92 Å². The molecule has 2 rings (SSSR count). The lowest BCUT2D eigenvalue weighted by Crippen LogP contribution is -2.30. The van der Waals surface area contributed by atoms with Gasteiger partial charge in [0, 0.05) is 20.8 Å². The quantitative estimate of drug-likeness (QED) is 0.799. The van der Waals surface area contributed by atoms with Gasteiger partial charge in [-0.15, -0.1) is 0 Å². The van der Waals surface area contributed by atoms with E-state index in [4.69, 9.17) is 39.5 Å². The predicted octanol–water partition coefficient (Wildman–Crippen LogP) is 5.36. The molecule has 0 aliphatic carbocycles. The Bertz CT molecular complexity index is 684. The SMILES string of the molecule is Cc1cc(Cl)ccc1OC(C)C(=O)Nc1cc(Cl)cc(Cl)c1. The van der Waals surface area contributed by atoms with Crippen LogP contribution in [0.15, 0.2) is 36.4 Å². The summed E-state index contributed by atoms with van der Waals surface area (Å²) in [4.78, 5) is 12.2. The van der Waals surface area contributed by atoms with Crippen LogP contribution in [-0.2, 0) is 4.79 Å². The van der Waals surface area contributed by atoms with Gasteiger partial charge in [-0.05, 0) is 55.8 Å². The molecule has 0 saturated carbocycles. The predicted molar refractivity (Wildman–Crippen MR) is 91.4 cm³/mol. The van der Waals surface area contributed by atoms with Crippen molar-refractivity contribution in [3.05, 3.63) is 57.0 Å². The molecule has 1 N–H and O–H groups in total. The normalized spacial score (nSPS) is 11.9. The van der Waals surface area contributed by atoms with Crippen LogP contribution in [0, 0.1) is 6.92 Å². The maximum Gasteiger partial charge on any atom is 0.265 e. The fourth-order valence-electron chi connectivity index (χ4n) is 1.86. The van der Waals surface area contributed by atoms with E-state index in [0.29, 0.717) is 26.5 Å². The number of hydrogen-bond acceptors (Lipinski definition) is 2. The first kappa shape index (κ1) is 16.9. The zero-order valence-electron chi connectivity index (χ0n) is 12.0. The number of nitrogens with one attached hydrogen (secondary N) is 1. The number of amides is 1. The van der Waals surface area contributed by atoms with Gasteiger partial charge in [0.15, 0.2) is 6.10 Å². The van der Waals surface area contributed by atoms with Crippen molar-refractivity contribution in [2.75, 3.05) is 5.32 Å². The summed E-state index contributed by atoms with van der Waals surface area (Å²) in [6.45, 7) is 3.53. The highest BCUT2D eigenvalue weighted by atomic mass is 35.5. The Morgan fingerprint density at radius 3 is 2.27 bits per heavy atom. The van der Waals surface area contributed by atoms with Crippen molar-refractivity contribution >= 4 is 46.4 Å². The summed E-state index contributed by atoms with van der Waals surface area (Å²) in [5.41, 5.74) is 1.38. The first-order valence-electron chi connectivity index (χ1n) is 6.55. The molecule has 116 valence electrons. The number of anilines is 1. The van der Waals surface area contributed by atoms with Crippen molar-refractivity contribution in [2.24, 2.45) is 0 Å². The topological polar surface area (TPSA) is 38.3 Å². The average Bonchev–Trinajstić information content (AvgIpc) is 2.40. The van der Waals surface area contributed by atoms with Gasteiger partial charge in [-0.2, -0.15) is 0 Å². The third-order valence-electron chi connectivity index (χ3n) is 2.94. The number of benzene rings is 2. The van der Waals surface area contributed by atoms with Crippen LogP contribution in [0.25, 0.3) is 0 Å². The summed E-state index contributed by atoms with van der Waals surface area (Å²) in [6.07, 6.45) is -0.683. The first-order chi connectivity index (χ1) is 10.3. The average molecular weight is 359 g/mol. The molecule has 0 fully saturated rings.